The van der Waals surface area contributed by atoms with Crippen LogP contribution < -0.4 is 0 Å². The number of carboxylic acids is 1. The van der Waals surface area contributed by atoms with Gasteiger partial charge in [0.1, 0.15) is 0 Å². The van der Waals surface area contributed by atoms with Crippen molar-refractivity contribution in [2.24, 2.45) is 0 Å². The Labute approximate surface area is 158 Å². The fraction of sp³-hybridized carbons (Fsp3) is 0.773. The van der Waals surface area contributed by atoms with Crippen LogP contribution in [0.3, 0.4) is 0 Å². The quantitative estimate of drug-likeness (QED) is 0.284. The van der Waals surface area contributed by atoms with E-state index >= 15 is 0 Å². The maximum Gasteiger partial charge on any atom is 0.355 e. The second kappa shape index (κ2) is 14.8. The van der Waals surface area contributed by atoms with Gasteiger partial charge in [-0.25, -0.2) is 9.18 Å². The fourth-order valence-electron chi connectivity index (χ4n) is 3.46. The molecule has 1 rings (SSSR count). The summed E-state index contributed by atoms with van der Waals surface area (Å²) in [5.41, 5.74) is 0.371. The van der Waals surface area contributed by atoms with Crippen molar-refractivity contribution in [1.29, 1.82) is 0 Å². The molecule has 0 spiro atoms. The molecular weight excluding hydrogens is 329 g/mol. The second-order valence-corrected chi connectivity index (χ2v) is 7.52. The number of carboxylic acid groups (broad SMARTS) is 1. The van der Waals surface area contributed by atoms with Crippen molar-refractivity contribution < 1.29 is 14.3 Å². The molecule has 0 saturated heterocycles. The Bertz CT molecular complexity index is 484. The van der Waals surface area contributed by atoms with Crippen LogP contribution in [0.5, 0.6) is 0 Å². The van der Waals surface area contributed by atoms with Gasteiger partial charge in [-0.15, -0.1) is 0 Å². The van der Waals surface area contributed by atoms with E-state index in [9.17, 15) is 9.18 Å². The molecule has 0 unspecified atom stereocenters. The number of rotatable bonds is 17. The summed E-state index contributed by atoms with van der Waals surface area (Å²) in [6.45, 7) is 2.26. The Morgan fingerprint density at radius 1 is 0.846 bits per heavy atom. The number of H-pyrrole nitrogens is 1. The molecule has 0 aliphatic carbocycles. The van der Waals surface area contributed by atoms with Crippen LogP contribution in [0, 0.1) is 5.82 Å². The summed E-state index contributed by atoms with van der Waals surface area (Å²) in [7, 11) is 0. The smallest absolute Gasteiger partial charge is 0.355 e. The van der Waals surface area contributed by atoms with Crippen molar-refractivity contribution in [2.75, 3.05) is 0 Å². The first-order valence-electron chi connectivity index (χ1n) is 10.8. The molecule has 150 valence electrons. The number of carbonyl (C=O) groups is 1. The maximum absolute atomic E-state index is 13.3. The SMILES string of the molecule is CCCCCCCCCCCCCCCCCc1cc(F)c(C(=O)O)[nH]1. The molecule has 4 heteroatoms. The molecule has 0 aromatic carbocycles. The zero-order valence-electron chi connectivity index (χ0n) is 16.6. The van der Waals surface area contributed by atoms with Crippen LogP contribution in [0.2, 0.25) is 0 Å². The molecule has 0 atom stereocenters. The number of nitrogens with one attached hydrogen (secondary N) is 1. The highest BCUT2D eigenvalue weighted by Gasteiger charge is 2.13. The monoisotopic (exact) mass is 367 g/mol. The average molecular weight is 368 g/mol. The van der Waals surface area contributed by atoms with Gasteiger partial charge in [0.25, 0.3) is 0 Å². The Morgan fingerprint density at radius 2 is 1.27 bits per heavy atom. The minimum atomic E-state index is -1.23. The summed E-state index contributed by atoms with van der Waals surface area (Å²) in [5, 5.41) is 8.81. The van der Waals surface area contributed by atoms with Crippen LogP contribution in [0.25, 0.3) is 0 Å². The topological polar surface area (TPSA) is 53.1 Å². The summed E-state index contributed by atoms with van der Waals surface area (Å²) >= 11 is 0. The molecular formula is C22H38FNO2. The molecule has 0 saturated carbocycles. The molecule has 1 aromatic rings. The summed E-state index contributed by atoms with van der Waals surface area (Å²) in [5.74, 6) is -1.89. The maximum atomic E-state index is 13.3. The Morgan fingerprint density at radius 3 is 1.65 bits per heavy atom. The molecule has 26 heavy (non-hydrogen) atoms. The molecule has 0 fully saturated rings. The molecule has 3 nitrogen and oxygen atoms in total. The normalized spacial score (nSPS) is 11.2. The van der Waals surface area contributed by atoms with Gasteiger partial charge in [-0.3, -0.25) is 0 Å². The van der Waals surface area contributed by atoms with Crippen molar-refractivity contribution in [3.63, 3.8) is 0 Å². The molecule has 0 aliphatic rings. The van der Waals surface area contributed by atoms with Gasteiger partial charge in [0.05, 0.1) is 0 Å². The second-order valence-electron chi connectivity index (χ2n) is 7.52. The number of aromatic carboxylic acids is 1. The molecule has 1 heterocycles. The Balaban J connectivity index is 1.85. The molecule has 0 aliphatic heterocycles. The van der Waals surface area contributed by atoms with Crippen LogP contribution >= 0.6 is 0 Å². The summed E-state index contributed by atoms with van der Waals surface area (Å²) in [4.78, 5) is 13.4. The first-order chi connectivity index (χ1) is 12.6. The molecule has 0 amide bonds. The van der Waals surface area contributed by atoms with Gasteiger partial charge in [-0.1, -0.05) is 96.8 Å². The minimum absolute atomic E-state index is 0.319. The standard InChI is InChI=1S/C22H38FNO2/c1-2-3-4-5-6-7-8-9-10-11-12-13-14-15-16-17-19-18-20(23)21(24-19)22(25)26/h18,24H,2-17H2,1H3,(H,25,26). The minimum Gasteiger partial charge on any atom is -0.476 e. The predicted octanol–water partition coefficient (Wildman–Crippen LogP) is 7.27. The largest absolute Gasteiger partial charge is 0.476 e. The van der Waals surface area contributed by atoms with E-state index in [2.05, 4.69) is 11.9 Å². The predicted molar refractivity (Wildman–Crippen MR) is 106 cm³/mol. The van der Waals surface area contributed by atoms with Crippen LogP contribution in [-0.4, -0.2) is 16.1 Å². The van der Waals surface area contributed by atoms with E-state index in [-0.39, 0.29) is 5.69 Å². The van der Waals surface area contributed by atoms with Gasteiger partial charge >= 0.3 is 5.97 Å². The molecule has 1 aromatic heterocycles. The van der Waals surface area contributed by atoms with E-state index in [1.54, 1.807) is 0 Å². The third kappa shape index (κ3) is 10.6. The zero-order valence-corrected chi connectivity index (χ0v) is 16.6. The lowest BCUT2D eigenvalue weighted by Gasteiger charge is -2.03. The summed E-state index contributed by atoms with van der Waals surface area (Å²) in [6, 6.07) is 1.31. The summed E-state index contributed by atoms with van der Waals surface area (Å²) < 4.78 is 13.3. The number of aromatic amines is 1. The Hall–Kier alpha value is -1.32. The number of aromatic nitrogens is 1. The molecule has 0 bridgehead atoms. The third-order valence-electron chi connectivity index (χ3n) is 5.09. The number of aryl methyl sites for hydroxylation is 1. The highest BCUT2D eigenvalue weighted by molar-refractivity contribution is 5.85. The van der Waals surface area contributed by atoms with Crippen LogP contribution in [0.15, 0.2) is 6.07 Å². The van der Waals surface area contributed by atoms with Gasteiger partial charge in [-0.05, 0) is 18.9 Å². The average Bonchev–Trinajstić information content (AvgIpc) is 2.99. The van der Waals surface area contributed by atoms with Crippen molar-refractivity contribution in [1.82, 2.24) is 4.98 Å². The third-order valence-corrected chi connectivity index (χ3v) is 5.09. The van der Waals surface area contributed by atoms with Crippen LogP contribution in [0.1, 0.15) is 119 Å². The fourth-order valence-corrected chi connectivity index (χ4v) is 3.46. The first kappa shape index (κ1) is 22.7. The van der Waals surface area contributed by atoms with Crippen molar-refractivity contribution in [3.05, 3.63) is 23.3 Å². The van der Waals surface area contributed by atoms with Gasteiger partial charge in [0, 0.05) is 5.69 Å². The van der Waals surface area contributed by atoms with Crippen molar-refractivity contribution >= 4 is 5.97 Å². The molecule has 0 radical (unpaired) electrons. The lowest BCUT2D eigenvalue weighted by molar-refractivity contribution is 0.0686. The van der Waals surface area contributed by atoms with Gasteiger partial charge in [0.2, 0.25) is 0 Å². The van der Waals surface area contributed by atoms with Gasteiger partial charge < -0.3 is 10.1 Å². The van der Waals surface area contributed by atoms with Crippen molar-refractivity contribution in [3.8, 4) is 0 Å². The van der Waals surface area contributed by atoms with E-state index in [4.69, 9.17) is 5.11 Å². The number of hydrogen-bond donors (Lipinski definition) is 2. The van der Waals surface area contributed by atoms with E-state index < -0.39 is 11.8 Å². The van der Waals surface area contributed by atoms with Crippen molar-refractivity contribution in [2.45, 2.75) is 110 Å². The van der Waals surface area contributed by atoms with E-state index in [1.807, 2.05) is 0 Å². The number of hydrogen-bond acceptors (Lipinski definition) is 1. The van der Waals surface area contributed by atoms with E-state index in [0.717, 1.165) is 19.3 Å². The van der Waals surface area contributed by atoms with Crippen LogP contribution in [-0.2, 0) is 6.42 Å². The first-order valence-corrected chi connectivity index (χ1v) is 10.8. The summed E-state index contributed by atoms with van der Waals surface area (Å²) in [6.07, 6.45) is 20.5. The lowest BCUT2D eigenvalue weighted by atomic mass is 10.0. The number of unbranched alkanes of at least 4 members (excludes halogenated alkanes) is 14. The van der Waals surface area contributed by atoms with Gasteiger partial charge in [0.15, 0.2) is 11.5 Å². The van der Waals surface area contributed by atoms with Crippen LogP contribution in [0.4, 0.5) is 4.39 Å². The van der Waals surface area contributed by atoms with E-state index in [1.165, 1.54) is 89.5 Å². The highest BCUT2D eigenvalue weighted by Crippen LogP contribution is 2.15. The zero-order chi connectivity index (χ0) is 19.0. The van der Waals surface area contributed by atoms with E-state index in [0.29, 0.717) is 5.69 Å². The Kier molecular flexibility index (Phi) is 12.9. The highest BCUT2D eigenvalue weighted by atomic mass is 19.1. The van der Waals surface area contributed by atoms with Gasteiger partial charge in [-0.2, -0.15) is 0 Å². The molecule has 2 N–H and O–H groups in total. The number of halogens is 1. The lowest BCUT2D eigenvalue weighted by Crippen LogP contribution is -1.99.